The number of nitrogens with zero attached hydrogens (tertiary/aromatic N) is 2. The van der Waals surface area contributed by atoms with Gasteiger partial charge in [-0.3, -0.25) is 4.79 Å². The molecule has 5 heteroatoms. The van der Waals surface area contributed by atoms with E-state index in [2.05, 4.69) is 35.2 Å². The van der Waals surface area contributed by atoms with Gasteiger partial charge in [0.2, 0.25) is 0 Å². The highest BCUT2D eigenvalue weighted by molar-refractivity contribution is 5.97. The highest BCUT2D eigenvalue weighted by atomic mass is 16.2. The lowest BCUT2D eigenvalue weighted by Crippen LogP contribution is -2.46. The van der Waals surface area contributed by atoms with Gasteiger partial charge in [0.05, 0.1) is 11.4 Å². The molecule has 3 heterocycles. The molecule has 0 spiro atoms. The van der Waals surface area contributed by atoms with E-state index in [0.29, 0.717) is 0 Å². The molecule has 2 aliphatic rings. The summed E-state index contributed by atoms with van der Waals surface area (Å²) < 4.78 is 0. The van der Waals surface area contributed by atoms with Crippen LogP contribution in [0.1, 0.15) is 32.7 Å². The van der Waals surface area contributed by atoms with Crippen LogP contribution < -0.4 is 5.32 Å². The molecule has 5 nitrogen and oxygen atoms in total. The molecule has 0 atom stereocenters. The summed E-state index contributed by atoms with van der Waals surface area (Å²) in [5.74, 6) is 0.126. The van der Waals surface area contributed by atoms with Crippen LogP contribution in [0.25, 0.3) is 11.3 Å². The second-order valence-corrected chi connectivity index (χ2v) is 6.94. The lowest BCUT2D eigenvalue weighted by molar-refractivity contribution is 0.0735. The van der Waals surface area contributed by atoms with Crippen molar-refractivity contribution in [2.75, 3.05) is 33.2 Å². The molecule has 1 aromatic carbocycles. The van der Waals surface area contributed by atoms with Gasteiger partial charge in [0, 0.05) is 62.3 Å². The van der Waals surface area contributed by atoms with E-state index in [1.807, 2.05) is 42.1 Å². The molecule has 0 aliphatic carbocycles. The molecule has 1 amide bonds. The number of rotatable bonds is 2. The van der Waals surface area contributed by atoms with Gasteiger partial charge in [0.15, 0.2) is 0 Å². The number of aromatic nitrogens is 1. The standard InChI is InChI=1S/C21H24N4O/c1-14-12-16(4-5-17(14)21(26)25-10-8-22-9-11-25)19-13-24(3)15(2)20-18(19)6-7-23-20/h4-7,12-13,22-23H,2,8-11H2,1,3H3. The number of H-pyrrole nitrogens is 1. The molecular weight excluding hydrogens is 324 g/mol. The second kappa shape index (κ2) is 6.50. The van der Waals surface area contributed by atoms with Crippen molar-refractivity contribution in [3.8, 4) is 0 Å². The van der Waals surface area contributed by atoms with E-state index in [9.17, 15) is 4.79 Å². The summed E-state index contributed by atoms with van der Waals surface area (Å²) in [6, 6.07) is 8.20. The van der Waals surface area contributed by atoms with E-state index in [0.717, 1.165) is 65.4 Å². The summed E-state index contributed by atoms with van der Waals surface area (Å²) >= 11 is 0. The van der Waals surface area contributed by atoms with Crippen LogP contribution in [-0.4, -0.2) is 53.9 Å². The Labute approximate surface area is 154 Å². The largest absolute Gasteiger partial charge is 0.359 e. The Morgan fingerprint density at radius 3 is 2.69 bits per heavy atom. The molecule has 2 aromatic rings. The minimum Gasteiger partial charge on any atom is -0.359 e. The maximum atomic E-state index is 12.8. The zero-order chi connectivity index (χ0) is 18.3. The summed E-state index contributed by atoms with van der Waals surface area (Å²) in [5.41, 5.74) is 7.20. The number of hydrogen-bond acceptors (Lipinski definition) is 3. The molecule has 134 valence electrons. The number of fused-ring (bicyclic) bond motifs is 1. The first-order valence-corrected chi connectivity index (χ1v) is 8.99. The quantitative estimate of drug-likeness (QED) is 0.877. The first kappa shape index (κ1) is 16.7. The molecule has 0 bridgehead atoms. The average Bonchev–Trinajstić information content (AvgIpc) is 3.15. The van der Waals surface area contributed by atoms with E-state index in [1.54, 1.807) is 0 Å². The Morgan fingerprint density at radius 2 is 1.96 bits per heavy atom. The number of amides is 1. The smallest absolute Gasteiger partial charge is 0.254 e. The van der Waals surface area contributed by atoms with Crippen molar-refractivity contribution >= 4 is 17.2 Å². The zero-order valence-electron chi connectivity index (χ0n) is 15.3. The summed E-state index contributed by atoms with van der Waals surface area (Å²) in [6.45, 7) is 9.42. The van der Waals surface area contributed by atoms with Crippen molar-refractivity contribution in [2.45, 2.75) is 6.92 Å². The third-order valence-electron chi connectivity index (χ3n) is 5.25. The number of nitrogens with one attached hydrogen (secondary N) is 2. The highest BCUT2D eigenvalue weighted by Crippen LogP contribution is 2.35. The summed E-state index contributed by atoms with van der Waals surface area (Å²) in [4.78, 5) is 20.1. The molecular formula is C21H24N4O. The van der Waals surface area contributed by atoms with Crippen LogP contribution in [0.4, 0.5) is 0 Å². The van der Waals surface area contributed by atoms with Gasteiger partial charge in [-0.1, -0.05) is 18.7 Å². The van der Waals surface area contributed by atoms with E-state index >= 15 is 0 Å². The Morgan fingerprint density at radius 1 is 1.19 bits per heavy atom. The number of hydrogen-bond donors (Lipinski definition) is 2. The molecule has 0 unspecified atom stereocenters. The Bertz CT molecular complexity index is 902. The van der Waals surface area contributed by atoms with Crippen LogP contribution in [0.5, 0.6) is 0 Å². The summed E-state index contributed by atoms with van der Waals surface area (Å²) in [5, 5.41) is 3.29. The van der Waals surface area contributed by atoms with Gasteiger partial charge in [-0.2, -0.15) is 0 Å². The third kappa shape index (κ3) is 2.74. The van der Waals surface area contributed by atoms with Crippen LogP contribution in [-0.2, 0) is 0 Å². The van der Waals surface area contributed by atoms with Gasteiger partial charge in [0.25, 0.3) is 5.91 Å². The maximum absolute atomic E-state index is 12.8. The fourth-order valence-electron chi connectivity index (χ4n) is 3.69. The first-order valence-electron chi connectivity index (χ1n) is 8.99. The average molecular weight is 348 g/mol. The fourth-order valence-corrected chi connectivity index (χ4v) is 3.69. The number of aromatic amines is 1. The number of benzene rings is 1. The van der Waals surface area contributed by atoms with E-state index in [4.69, 9.17) is 0 Å². The summed E-state index contributed by atoms with van der Waals surface area (Å²) in [7, 11) is 2.00. The van der Waals surface area contributed by atoms with E-state index in [-0.39, 0.29) is 5.91 Å². The molecule has 2 aliphatic heterocycles. The monoisotopic (exact) mass is 348 g/mol. The second-order valence-electron chi connectivity index (χ2n) is 6.94. The van der Waals surface area contributed by atoms with Crippen LogP contribution in [0.15, 0.2) is 43.2 Å². The molecule has 1 fully saturated rings. The van der Waals surface area contributed by atoms with Crippen molar-refractivity contribution in [3.63, 3.8) is 0 Å². The lowest BCUT2D eigenvalue weighted by atomic mass is 9.92. The fraction of sp³-hybridized carbons (Fsp3) is 0.286. The van der Waals surface area contributed by atoms with Crippen LogP contribution in [0.3, 0.4) is 0 Å². The van der Waals surface area contributed by atoms with Crippen molar-refractivity contribution in [2.24, 2.45) is 0 Å². The molecule has 1 saturated heterocycles. The van der Waals surface area contributed by atoms with Crippen molar-refractivity contribution < 1.29 is 4.79 Å². The molecule has 0 saturated carbocycles. The Kier molecular flexibility index (Phi) is 4.17. The SMILES string of the molecule is C=C1c2[nH]ccc2C(c2ccc(C(=O)N3CCNCC3)c(C)c2)=CN1C. The minimum absolute atomic E-state index is 0.126. The highest BCUT2D eigenvalue weighted by Gasteiger charge is 2.23. The van der Waals surface area contributed by atoms with E-state index < -0.39 is 0 Å². The predicted octanol–water partition coefficient (Wildman–Crippen LogP) is 2.67. The third-order valence-corrected chi connectivity index (χ3v) is 5.25. The number of carbonyl (C=O) groups excluding carboxylic acids is 1. The van der Waals surface area contributed by atoms with Gasteiger partial charge in [-0.15, -0.1) is 0 Å². The van der Waals surface area contributed by atoms with Crippen molar-refractivity contribution in [1.82, 2.24) is 20.1 Å². The molecule has 2 N–H and O–H groups in total. The predicted molar refractivity (Wildman–Crippen MR) is 105 cm³/mol. The maximum Gasteiger partial charge on any atom is 0.254 e. The number of aryl methyl sites for hydroxylation is 1. The van der Waals surface area contributed by atoms with Crippen molar-refractivity contribution in [3.05, 3.63) is 71.2 Å². The van der Waals surface area contributed by atoms with Gasteiger partial charge >= 0.3 is 0 Å². The molecule has 4 rings (SSSR count). The normalized spacial score (nSPS) is 17.2. The Hall–Kier alpha value is -2.79. The van der Waals surface area contributed by atoms with Gasteiger partial charge in [-0.25, -0.2) is 0 Å². The summed E-state index contributed by atoms with van der Waals surface area (Å²) in [6.07, 6.45) is 4.04. The van der Waals surface area contributed by atoms with E-state index in [1.165, 1.54) is 0 Å². The van der Waals surface area contributed by atoms with Gasteiger partial charge in [0.1, 0.15) is 0 Å². The van der Waals surface area contributed by atoms with Gasteiger partial charge < -0.3 is 20.1 Å². The van der Waals surface area contributed by atoms with Crippen LogP contribution >= 0.6 is 0 Å². The zero-order valence-corrected chi connectivity index (χ0v) is 15.3. The number of carbonyl (C=O) groups is 1. The van der Waals surface area contributed by atoms with Crippen LogP contribution in [0, 0.1) is 6.92 Å². The molecule has 26 heavy (non-hydrogen) atoms. The van der Waals surface area contributed by atoms with Crippen LogP contribution in [0.2, 0.25) is 0 Å². The van der Waals surface area contributed by atoms with Gasteiger partial charge in [-0.05, 0) is 30.2 Å². The topological polar surface area (TPSA) is 51.4 Å². The number of piperazine rings is 1. The Balaban J connectivity index is 1.67. The lowest BCUT2D eigenvalue weighted by Gasteiger charge is -2.28. The minimum atomic E-state index is 0.126. The van der Waals surface area contributed by atoms with Crippen molar-refractivity contribution in [1.29, 1.82) is 0 Å². The first-order chi connectivity index (χ1) is 12.6. The molecule has 0 radical (unpaired) electrons. The molecule has 1 aromatic heterocycles.